The molecular weight excluding hydrogens is 568 g/mol. The third-order valence-electron chi connectivity index (χ3n) is 5.85. The second kappa shape index (κ2) is 13.1. The first-order valence-corrected chi connectivity index (χ1v) is 14.1. The van der Waals surface area contributed by atoms with Gasteiger partial charge in [0.2, 0.25) is 0 Å². The predicted octanol–water partition coefficient (Wildman–Crippen LogP) is 5.48. The molecule has 0 aliphatic carbocycles. The summed E-state index contributed by atoms with van der Waals surface area (Å²) in [6.07, 6.45) is 1.41. The number of hydrogen-bond acceptors (Lipinski definition) is 7. The summed E-state index contributed by atoms with van der Waals surface area (Å²) in [5.74, 6) is -0.0962. The van der Waals surface area contributed by atoms with Crippen LogP contribution in [0.2, 0.25) is 5.02 Å². The van der Waals surface area contributed by atoms with E-state index >= 15 is 0 Å². The Morgan fingerprint density at radius 1 is 1.00 bits per heavy atom. The Hall–Kier alpha value is -4.74. The Balaban J connectivity index is 1.38. The highest BCUT2D eigenvalue weighted by Gasteiger charge is 2.28. The molecule has 0 aliphatic heterocycles. The molecule has 1 amide bonds. The zero-order chi connectivity index (χ0) is 29.4. The Kier molecular flexibility index (Phi) is 9.33. The number of amides is 1. The minimum Gasteiger partial charge on any atom is -0.489 e. The van der Waals surface area contributed by atoms with Crippen LogP contribution in [0.5, 0.6) is 5.75 Å². The van der Waals surface area contributed by atoms with Crippen LogP contribution in [0, 0.1) is 17.0 Å². The van der Waals surface area contributed by atoms with E-state index < -0.39 is 27.4 Å². The summed E-state index contributed by atoms with van der Waals surface area (Å²) in [6.45, 7) is 1.53. The van der Waals surface area contributed by atoms with Crippen molar-refractivity contribution in [3.05, 3.63) is 129 Å². The number of halogens is 1. The van der Waals surface area contributed by atoms with Crippen molar-refractivity contribution in [3.63, 3.8) is 0 Å². The lowest BCUT2D eigenvalue weighted by atomic mass is 10.2. The van der Waals surface area contributed by atoms with Crippen molar-refractivity contribution in [2.24, 2.45) is 5.10 Å². The third kappa shape index (κ3) is 7.68. The molecular formula is C29H25ClN4O6S. The van der Waals surface area contributed by atoms with Crippen LogP contribution < -0.4 is 14.5 Å². The van der Waals surface area contributed by atoms with Gasteiger partial charge in [0.15, 0.2) is 0 Å². The number of anilines is 1. The highest BCUT2D eigenvalue weighted by Crippen LogP contribution is 2.30. The third-order valence-corrected chi connectivity index (χ3v) is 7.95. The number of ether oxygens (including phenoxy) is 1. The summed E-state index contributed by atoms with van der Waals surface area (Å²) >= 11 is 6.29. The Labute approximate surface area is 242 Å². The zero-order valence-electron chi connectivity index (χ0n) is 21.8. The molecule has 12 heteroatoms. The van der Waals surface area contributed by atoms with Gasteiger partial charge in [-0.3, -0.25) is 19.2 Å². The number of non-ortho nitro benzene ring substituents is 1. The first-order chi connectivity index (χ1) is 19.6. The van der Waals surface area contributed by atoms with E-state index in [1.165, 1.54) is 36.5 Å². The number of rotatable bonds is 11. The van der Waals surface area contributed by atoms with E-state index in [2.05, 4.69) is 10.5 Å². The summed E-state index contributed by atoms with van der Waals surface area (Å²) in [7, 11) is -4.11. The molecule has 0 aliphatic rings. The van der Waals surface area contributed by atoms with E-state index in [1.54, 1.807) is 66.7 Å². The molecule has 0 saturated carbocycles. The van der Waals surface area contributed by atoms with Crippen molar-refractivity contribution in [1.82, 2.24) is 5.43 Å². The maximum Gasteiger partial charge on any atom is 0.269 e. The van der Waals surface area contributed by atoms with Gasteiger partial charge in [0.25, 0.3) is 21.6 Å². The van der Waals surface area contributed by atoms with Gasteiger partial charge in [-0.1, -0.05) is 41.4 Å². The van der Waals surface area contributed by atoms with Crippen molar-refractivity contribution in [3.8, 4) is 5.75 Å². The number of nitrogens with one attached hydrogen (secondary N) is 1. The molecule has 4 rings (SSSR count). The van der Waals surface area contributed by atoms with Crippen molar-refractivity contribution in [2.45, 2.75) is 18.4 Å². The molecule has 0 radical (unpaired) electrons. The van der Waals surface area contributed by atoms with E-state index in [0.717, 1.165) is 15.4 Å². The van der Waals surface area contributed by atoms with Crippen molar-refractivity contribution < 1.29 is 22.9 Å². The van der Waals surface area contributed by atoms with Crippen molar-refractivity contribution in [2.75, 3.05) is 10.8 Å². The van der Waals surface area contributed by atoms with Crippen molar-refractivity contribution in [1.29, 1.82) is 0 Å². The molecule has 0 aromatic heterocycles. The van der Waals surface area contributed by atoms with Gasteiger partial charge in [-0.15, -0.1) is 0 Å². The standard InChI is InChI=1S/C29H25ClN4O6S/c1-21-6-16-26(17-7-21)41(38,39)33(28-5-3-2-4-27(28)30)19-29(35)32-31-18-22-10-14-25(15-11-22)40-20-23-8-12-24(13-9-23)34(36)37/h2-18H,19-20H2,1H3,(H,32,35)/b31-18-. The van der Waals surface area contributed by atoms with Crippen LogP contribution in [0.25, 0.3) is 0 Å². The number of hydrogen-bond donors (Lipinski definition) is 1. The quantitative estimate of drug-likeness (QED) is 0.139. The van der Waals surface area contributed by atoms with Crippen LogP contribution in [-0.4, -0.2) is 32.0 Å². The first-order valence-electron chi connectivity index (χ1n) is 12.3. The Bertz CT molecular complexity index is 1660. The second-order valence-corrected chi connectivity index (χ2v) is 11.1. The number of aryl methyl sites for hydroxylation is 1. The maximum absolute atomic E-state index is 13.5. The molecule has 0 unspecified atom stereocenters. The van der Waals surface area contributed by atoms with Crippen LogP contribution in [0.1, 0.15) is 16.7 Å². The lowest BCUT2D eigenvalue weighted by Gasteiger charge is -2.24. The molecule has 1 N–H and O–H groups in total. The number of carbonyl (C=O) groups is 1. The maximum atomic E-state index is 13.5. The van der Waals surface area contributed by atoms with Gasteiger partial charge in [-0.05, 0) is 78.7 Å². The highest BCUT2D eigenvalue weighted by atomic mass is 35.5. The van der Waals surface area contributed by atoms with Gasteiger partial charge in [-0.25, -0.2) is 13.8 Å². The van der Waals surface area contributed by atoms with Crippen LogP contribution in [-0.2, 0) is 21.4 Å². The molecule has 10 nitrogen and oxygen atoms in total. The number of nitro benzene ring substituents is 1. The van der Waals surface area contributed by atoms with Gasteiger partial charge in [0, 0.05) is 12.1 Å². The van der Waals surface area contributed by atoms with Crippen LogP contribution in [0.4, 0.5) is 11.4 Å². The van der Waals surface area contributed by atoms with Gasteiger partial charge < -0.3 is 4.74 Å². The van der Waals surface area contributed by atoms with E-state index in [-0.39, 0.29) is 27.9 Å². The van der Waals surface area contributed by atoms with E-state index in [9.17, 15) is 23.3 Å². The predicted molar refractivity (Wildman–Crippen MR) is 157 cm³/mol. The van der Waals surface area contributed by atoms with Gasteiger partial charge in [0.1, 0.15) is 18.9 Å². The number of benzene rings is 4. The van der Waals surface area contributed by atoms with E-state index in [4.69, 9.17) is 16.3 Å². The smallest absolute Gasteiger partial charge is 0.269 e. The fraction of sp³-hybridized carbons (Fsp3) is 0.103. The lowest BCUT2D eigenvalue weighted by Crippen LogP contribution is -2.39. The number of hydrazone groups is 1. The lowest BCUT2D eigenvalue weighted by molar-refractivity contribution is -0.384. The zero-order valence-corrected chi connectivity index (χ0v) is 23.4. The second-order valence-electron chi connectivity index (χ2n) is 8.85. The molecule has 4 aromatic rings. The normalized spacial score (nSPS) is 11.3. The number of carbonyl (C=O) groups excluding carboxylic acids is 1. The molecule has 0 fully saturated rings. The summed E-state index contributed by atoms with van der Waals surface area (Å²) in [6, 6.07) is 25.6. The molecule has 0 saturated heterocycles. The summed E-state index contributed by atoms with van der Waals surface area (Å²) in [4.78, 5) is 23.1. The molecule has 41 heavy (non-hydrogen) atoms. The molecule has 0 spiro atoms. The van der Waals surface area contributed by atoms with Crippen LogP contribution in [0.3, 0.4) is 0 Å². The average molecular weight is 593 g/mol. The summed E-state index contributed by atoms with van der Waals surface area (Å²) < 4.78 is 33.6. The molecule has 0 atom stereocenters. The Morgan fingerprint density at radius 3 is 2.29 bits per heavy atom. The van der Waals surface area contributed by atoms with Crippen LogP contribution >= 0.6 is 11.6 Å². The minimum absolute atomic E-state index is 0.00828. The molecule has 0 bridgehead atoms. The van der Waals surface area contributed by atoms with Gasteiger partial charge in [-0.2, -0.15) is 5.10 Å². The van der Waals surface area contributed by atoms with Crippen molar-refractivity contribution >= 4 is 45.1 Å². The van der Waals surface area contributed by atoms with E-state index in [1.807, 2.05) is 6.92 Å². The van der Waals surface area contributed by atoms with Gasteiger partial charge >= 0.3 is 0 Å². The number of nitro groups is 1. The largest absolute Gasteiger partial charge is 0.489 e. The fourth-order valence-electron chi connectivity index (χ4n) is 3.67. The molecule has 0 heterocycles. The molecule has 210 valence electrons. The van der Waals surface area contributed by atoms with Gasteiger partial charge in [0.05, 0.1) is 26.7 Å². The summed E-state index contributed by atoms with van der Waals surface area (Å²) in [5, 5.41) is 14.9. The first kappa shape index (κ1) is 29.2. The minimum atomic E-state index is -4.11. The van der Waals surface area contributed by atoms with E-state index in [0.29, 0.717) is 11.3 Å². The number of para-hydroxylation sites is 1. The average Bonchev–Trinajstić information content (AvgIpc) is 2.96. The molecule has 4 aromatic carbocycles. The fourth-order valence-corrected chi connectivity index (χ4v) is 5.39. The topological polar surface area (TPSA) is 131 Å². The van der Waals surface area contributed by atoms with Crippen LogP contribution in [0.15, 0.2) is 107 Å². The summed E-state index contributed by atoms with van der Waals surface area (Å²) in [5.41, 5.74) is 4.86. The Morgan fingerprint density at radius 2 is 1.66 bits per heavy atom. The number of sulfonamides is 1. The monoisotopic (exact) mass is 592 g/mol. The number of nitrogens with zero attached hydrogens (tertiary/aromatic N) is 3. The SMILES string of the molecule is Cc1ccc(S(=O)(=O)N(CC(=O)N/N=C\c2ccc(OCc3ccc([N+](=O)[O-])cc3)cc2)c2ccccc2Cl)cc1. The highest BCUT2D eigenvalue weighted by molar-refractivity contribution is 7.92.